The van der Waals surface area contributed by atoms with E-state index in [1.165, 1.54) is 31.2 Å². The largest absolute Gasteiger partial charge is 0.496 e. The molecule has 0 bridgehead atoms. The Labute approximate surface area is 231 Å². The molecule has 0 radical (unpaired) electrons. The van der Waals surface area contributed by atoms with Crippen LogP contribution in [0.25, 0.3) is 28.4 Å². The van der Waals surface area contributed by atoms with Crippen molar-refractivity contribution < 1.29 is 27.0 Å². The molecule has 1 saturated carbocycles. The van der Waals surface area contributed by atoms with Gasteiger partial charge in [-0.25, -0.2) is 28.8 Å². The first-order valence-corrected chi connectivity index (χ1v) is 13.0. The van der Waals surface area contributed by atoms with Crippen molar-refractivity contribution in [2.45, 2.75) is 44.8 Å². The van der Waals surface area contributed by atoms with Gasteiger partial charge in [0.1, 0.15) is 29.3 Å². The fraction of sp³-hybridized carbons (Fsp3) is 0.321. The van der Waals surface area contributed by atoms with Crippen molar-refractivity contribution in [1.29, 1.82) is 0 Å². The molecule has 1 aliphatic rings. The molecule has 13 heteroatoms. The molecule has 0 spiro atoms. The lowest BCUT2D eigenvalue weighted by atomic mass is 10.0. The zero-order valence-corrected chi connectivity index (χ0v) is 22.4. The SMILES string of the molecule is CCn1cc(C(F)(F)F)nc1-c1c(F)cc(Cc2cccc3nc(-c4c(OC)ncnc4C4CC4)nn23)cc1OC. The first kappa shape index (κ1) is 26.7. The first-order valence-electron chi connectivity index (χ1n) is 13.0. The summed E-state index contributed by atoms with van der Waals surface area (Å²) in [5, 5.41) is 4.74. The van der Waals surface area contributed by atoms with Gasteiger partial charge in [0, 0.05) is 30.8 Å². The van der Waals surface area contributed by atoms with Crippen LogP contribution in [0, 0.1) is 5.82 Å². The normalized spacial score (nSPS) is 13.6. The van der Waals surface area contributed by atoms with E-state index in [-0.39, 0.29) is 30.1 Å². The van der Waals surface area contributed by atoms with Gasteiger partial charge < -0.3 is 14.0 Å². The summed E-state index contributed by atoms with van der Waals surface area (Å²) in [7, 11) is 2.87. The average Bonchev–Trinajstić information content (AvgIpc) is 3.55. The first-order chi connectivity index (χ1) is 19.7. The van der Waals surface area contributed by atoms with E-state index in [0.717, 1.165) is 24.7 Å². The number of halogens is 4. The van der Waals surface area contributed by atoms with Crippen LogP contribution < -0.4 is 9.47 Å². The molecule has 0 N–H and O–H groups in total. The Kier molecular flexibility index (Phi) is 6.59. The molecule has 0 atom stereocenters. The summed E-state index contributed by atoms with van der Waals surface area (Å²) in [6.07, 6.45) is -0.0479. The molecule has 0 aliphatic heterocycles. The molecule has 0 unspecified atom stereocenters. The second-order valence-electron chi connectivity index (χ2n) is 9.71. The molecule has 0 saturated heterocycles. The van der Waals surface area contributed by atoms with E-state index in [1.807, 2.05) is 12.1 Å². The monoisotopic (exact) mass is 567 g/mol. The standard InChI is InChI=1S/C28H25F4N7O2/c1-4-38-13-20(28(30,31)32)35-26(38)22-18(29)11-15(12-19(22)40-2)10-17-6-5-7-21-36-25(37-39(17)21)23-24(16-8-9-16)33-14-34-27(23)41-3/h5-7,11-14,16H,4,8-10H2,1-3H3. The minimum absolute atomic E-state index is 0.0701. The minimum atomic E-state index is -4.66. The third-order valence-electron chi connectivity index (χ3n) is 7.01. The van der Waals surface area contributed by atoms with Crippen LogP contribution in [-0.4, -0.2) is 48.3 Å². The van der Waals surface area contributed by atoms with Gasteiger partial charge in [-0.05, 0) is 49.6 Å². The zero-order chi connectivity index (χ0) is 28.9. The van der Waals surface area contributed by atoms with Gasteiger partial charge in [0.2, 0.25) is 5.88 Å². The fourth-order valence-electron chi connectivity index (χ4n) is 4.93. The number of nitrogens with zero attached hydrogens (tertiary/aromatic N) is 7. The van der Waals surface area contributed by atoms with E-state index in [4.69, 9.17) is 19.6 Å². The average molecular weight is 568 g/mol. The molecule has 9 nitrogen and oxygen atoms in total. The lowest BCUT2D eigenvalue weighted by Gasteiger charge is -2.13. The smallest absolute Gasteiger partial charge is 0.434 e. The molecule has 6 rings (SSSR count). The number of rotatable bonds is 8. The molecule has 1 fully saturated rings. The Bertz CT molecular complexity index is 1760. The summed E-state index contributed by atoms with van der Waals surface area (Å²) in [5.41, 5.74) is 2.05. The number of methoxy groups -OCH3 is 2. The lowest BCUT2D eigenvalue weighted by Crippen LogP contribution is -2.05. The van der Waals surface area contributed by atoms with Crippen molar-refractivity contribution >= 4 is 5.65 Å². The van der Waals surface area contributed by atoms with Crippen LogP contribution in [0.2, 0.25) is 0 Å². The Morgan fingerprint density at radius 3 is 2.51 bits per heavy atom. The number of fused-ring (bicyclic) bond motifs is 1. The molecule has 41 heavy (non-hydrogen) atoms. The quantitative estimate of drug-likeness (QED) is 0.222. The van der Waals surface area contributed by atoms with Gasteiger partial charge in [0.05, 0.1) is 25.5 Å². The number of aromatic nitrogens is 7. The molecule has 0 amide bonds. The van der Waals surface area contributed by atoms with Crippen LogP contribution in [0.5, 0.6) is 11.6 Å². The Balaban J connectivity index is 1.40. The topological polar surface area (TPSA) is 92.2 Å². The highest BCUT2D eigenvalue weighted by molar-refractivity contribution is 5.68. The maximum atomic E-state index is 15.6. The molecule has 4 aromatic heterocycles. The summed E-state index contributed by atoms with van der Waals surface area (Å²) in [6, 6.07) is 8.33. The summed E-state index contributed by atoms with van der Waals surface area (Å²) in [4.78, 5) is 17.1. The number of alkyl halides is 3. The van der Waals surface area contributed by atoms with Gasteiger partial charge in [-0.15, -0.1) is 5.10 Å². The Morgan fingerprint density at radius 1 is 1.02 bits per heavy atom. The molecule has 5 aromatic rings. The summed E-state index contributed by atoms with van der Waals surface area (Å²) in [6.45, 7) is 1.82. The van der Waals surface area contributed by atoms with Gasteiger partial charge in [0.25, 0.3) is 0 Å². The summed E-state index contributed by atoms with van der Waals surface area (Å²) >= 11 is 0. The van der Waals surface area contributed by atoms with E-state index < -0.39 is 17.7 Å². The second-order valence-corrected chi connectivity index (χ2v) is 9.71. The number of pyridine rings is 1. The van der Waals surface area contributed by atoms with E-state index in [1.54, 1.807) is 23.6 Å². The van der Waals surface area contributed by atoms with E-state index >= 15 is 4.39 Å². The van der Waals surface area contributed by atoms with Crippen LogP contribution in [0.3, 0.4) is 0 Å². The van der Waals surface area contributed by atoms with Crippen LogP contribution in [0.15, 0.2) is 42.9 Å². The fourth-order valence-corrected chi connectivity index (χ4v) is 4.93. The van der Waals surface area contributed by atoms with Crippen molar-refractivity contribution in [3.63, 3.8) is 0 Å². The van der Waals surface area contributed by atoms with Crippen molar-refractivity contribution in [2.75, 3.05) is 14.2 Å². The highest BCUT2D eigenvalue weighted by Crippen LogP contribution is 2.45. The number of imidazole rings is 1. The molecule has 212 valence electrons. The van der Waals surface area contributed by atoms with E-state index in [2.05, 4.69) is 15.0 Å². The maximum absolute atomic E-state index is 15.6. The van der Waals surface area contributed by atoms with E-state index in [9.17, 15) is 13.2 Å². The second kappa shape index (κ2) is 10.1. The predicted octanol–water partition coefficient (Wildman–Crippen LogP) is 5.71. The van der Waals surface area contributed by atoms with Crippen molar-refractivity contribution in [3.8, 4) is 34.4 Å². The van der Waals surface area contributed by atoms with Gasteiger partial charge in [-0.2, -0.15) is 13.2 Å². The number of aryl methyl sites for hydroxylation is 1. The third-order valence-corrected chi connectivity index (χ3v) is 7.01. The number of benzene rings is 1. The van der Waals surface area contributed by atoms with Gasteiger partial charge in [-0.3, -0.25) is 0 Å². The third kappa shape index (κ3) is 4.85. The molecular formula is C28H25F4N7O2. The van der Waals surface area contributed by atoms with Gasteiger partial charge >= 0.3 is 6.18 Å². The zero-order valence-electron chi connectivity index (χ0n) is 22.4. The summed E-state index contributed by atoms with van der Waals surface area (Å²) in [5.74, 6) is 0.274. The van der Waals surface area contributed by atoms with Crippen LogP contribution in [-0.2, 0) is 19.1 Å². The number of hydrogen-bond donors (Lipinski definition) is 0. The van der Waals surface area contributed by atoms with Crippen molar-refractivity contribution in [3.05, 3.63) is 71.3 Å². The van der Waals surface area contributed by atoms with Crippen LogP contribution >= 0.6 is 0 Å². The molecular weight excluding hydrogens is 542 g/mol. The highest BCUT2D eigenvalue weighted by atomic mass is 19.4. The van der Waals surface area contributed by atoms with Crippen molar-refractivity contribution in [1.82, 2.24) is 34.1 Å². The minimum Gasteiger partial charge on any atom is -0.496 e. The van der Waals surface area contributed by atoms with Gasteiger partial charge in [0.15, 0.2) is 17.2 Å². The number of ether oxygens (including phenoxy) is 2. The van der Waals surface area contributed by atoms with Crippen molar-refractivity contribution in [2.24, 2.45) is 0 Å². The van der Waals surface area contributed by atoms with Crippen LogP contribution in [0.4, 0.5) is 17.6 Å². The number of hydrogen-bond acceptors (Lipinski definition) is 7. The summed E-state index contributed by atoms with van der Waals surface area (Å²) < 4.78 is 69.4. The maximum Gasteiger partial charge on any atom is 0.434 e. The Morgan fingerprint density at radius 2 is 1.83 bits per heavy atom. The predicted molar refractivity (Wildman–Crippen MR) is 140 cm³/mol. The van der Waals surface area contributed by atoms with E-state index in [0.29, 0.717) is 40.1 Å². The lowest BCUT2D eigenvalue weighted by molar-refractivity contribution is -0.140. The van der Waals surface area contributed by atoms with Crippen LogP contribution in [0.1, 0.15) is 48.3 Å². The molecule has 4 heterocycles. The molecule has 1 aromatic carbocycles. The molecule has 1 aliphatic carbocycles. The van der Waals surface area contributed by atoms with Gasteiger partial charge in [-0.1, -0.05) is 6.07 Å². The highest BCUT2D eigenvalue weighted by Gasteiger charge is 2.36. The Hall–Kier alpha value is -4.55.